The van der Waals surface area contributed by atoms with E-state index in [1.54, 1.807) is 23.7 Å². The Balaban J connectivity index is 1.95. The summed E-state index contributed by atoms with van der Waals surface area (Å²) in [4.78, 5) is 10.1. The van der Waals surface area contributed by atoms with Crippen LogP contribution in [0.15, 0.2) is 49.3 Å². The number of anilines is 1. The highest BCUT2D eigenvalue weighted by atomic mass is 32.2. The van der Waals surface area contributed by atoms with Crippen LogP contribution in [0.2, 0.25) is 0 Å². The maximum atomic E-state index is 10.6. The van der Waals surface area contributed by atoms with Crippen LogP contribution < -0.4 is 4.90 Å². The van der Waals surface area contributed by atoms with E-state index in [0.717, 1.165) is 11.5 Å². The second kappa shape index (κ2) is 8.29. The van der Waals surface area contributed by atoms with Crippen LogP contribution in [0.5, 0.6) is 5.75 Å². The zero-order valence-electron chi connectivity index (χ0n) is 14.1. The molecule has 9 nitrogen and oxygen atoms in total. The predicted octanol–water partition coefficient (Wildman–Crippen LogP) is 5.32. The zero-order chi connectivity index (χ0) is 18.5. The topological polar surface area (TPSA) is 112 Å². The smallest absolute Gasteiger partial charge is 0.250 e. The van der Waals surface area contributed by atoms with Crippen LogP contribution in [0, 0.1) is 0 Å². The van der Waals surface area contributed by atoms with Gasteiger partial charge in [-0.25, -0.2) is 4.98 Å². The molecule has 26 heavy (non-hydrogen) atoms. The van der Waals surface area contributed by atoms with Crippen molar-refractivity contribution in [2.75, 3.05) is 25.3 Å². The third-order valence-corrected chi connectivity index (χ3v) is 4.99. The summed E-state index contributed by atoms with van der Waals surface area (Å²) in [6.07, 6.45) is 3.52. The summed E-state index contributed by atoms with van der Waals surface area (Å²) >= 11 is 3.92. The van der Waals surface area contributed by atoms with E-state index in [9.17, 15) is 5.11 Å². The summed E-state index contributed by atoms with van der Waals surface area (Å²) in [6, 6.07) is 3.45. The highest BCUT2D eigenvalue weighted by Gasteiger charge is 2.15. The van der Waals surface area contributed by atoms with Gasteiger partial charge in [-0.15, -0.1) is 31.8 Å². The fourth-order valence-corrected chi connectivity index (χ4v) is 3.38. The van der Waals surface area contributed by atoms with E-state index >= 15 is 0 Å². The van der Waals surface area contributed by atoms with E-state index in [4.69, 9.17) is 0 Å². The number of hydrogen-bond donors (Lipinski definition) is 1. The van der Waals surface area contributed by atoms with E-state index in [1.165, 1.54) is 23.1 Å². The van der Waals surface area contributed by atoms with Crippen LogP contribution in [0.4, 0.5) is 27.3 Å². The molecule has 0 saturated carbocycles. The van der Waals surface area contributed by atoms with Gasteiger partial charge in [0.05, 0.1) is 5.69 Å². The van der Waals surface area contributed by atoms with Crippen molar-refractivity contribution in [3.8, 4) is 5.75 Å². The lowest BCUT2D eigenvalue weighted by molar-refractivity contribution is 0.477. The number of phenols is 1. The highest BCUT2D eigenvalue weighted by molar-refractivity contribution is 7.98. The van der Waals surface area contributed by atoms with Crippen LogP contribution in [-0.4, -0.2) is 39.8 Å². The molecule has 12 heteroatoms. The number of aromatic hydroxyl groups is 1. The van der Waals surface area contributed by atoms with E-state index in [1.807, 2.05) is 25.3 Å². The minimum Gasteiger partial charge on any atom is -0.504 e. The first-order valence-corrected chi connectivity index (χ1v) is 10.1. The number of aromatic nitrogens is 3. The number of benzene rings is 1. The molecule has 134 valence electrons. The molecule has 0 aliphatic heterocycles. The number of thiazole rings is 1. The minimum atomic E-state index is -0.116. The predicted molar refractivity (Wildman–Crippen MR) is 105 cm³/mol. The van der Waals surface area contributed by atoms with Gasteiger partial charge in [-0.05, 0) is 18.4 Å². The largest absolute Gasteiger partial charge is 0.504 e. The van der Waals surface area contributed by atoms with Crippen LogP contribution >= 0.6 is 34.6 Å². The first kappa shape index (κ1) is 18.4. The molecule has 1 aromatic carbocycles. The molecule has 0 aliphatic rings. The maximum absolute atomic E-state index is 10.6. The zero-order valence-corrected chi connectivity index (χ0v) is 16.5. The Morgan fingerprint density at radius 3 is 2.58 bits per heavy atom. The Kier molecular flexibility index (Phi) is 5.85. The number of hydrogen-bond acceptors (Lipinski definition) is 12. The third-order valence-electron chi connectivity index (χ3n) is 3.07. The summed E-state index contributed by atoms with van der Waals surface area (Å²) in [6.45, 7) is 0. The van der Waals surface area contributed by atoms with Gasteiger partial charge in [0, 0.05) is 37.2 Å². The lowest BCUT2D eigenvalue weighted by Gasteiger charge is -2.15. The van der Waals surface area contributed by atoms with Gasteiger partial charge >= 0.3 is 0 Å². The average molecular weight is 407 g/mol. The normalized spacial score (nSPS) is 11.7. The van der Waals surface area contributed by atoms with Crippen LogP contribution in [0.3, 0.4) is 0 Å². The third kappa shape index (κ3) is 4.20. The van der Waals surface area contributed by atoms with Crippen molar-refractivity contribution in [3.63, 3.8) is 0 Å². The summed E-state index contributed by atoms with van der Waals surface area (Å²) in [5.74, 6) is -0.116. The molecule has 2 aromatic heterocycles. The van der Waals surface area contributed by atoms with Gasteiger partial charge in [-0.2, -0.15) is 9.36 Å². The molecular formula is C14H14N8OS3. The molecule has 0 unspecified atom stereocenters. The average Bonchev–Trinajstić information content (AvgIpc) is 3.30. The quantitative estimate of drug-likeness (QED) is 0.438. The Morgan fingerprint density at radius 1 is 1.12 bits per heavy atom. The molecule has 0 fully saturated rings. The van der Waals surface area contributed by atoms with E-state index < -0.39 is 0 Å². The second-order valence-electron chi connectivity index (χ2n) is 4.97. The maximum Gasteiger partial charge on any atom is 0.250 e. The molecule has 0 radical (unpaired) electrons. The van der Waals surface area contributed by atoms with Gasteiger partial charge in [0.2, 0.25) is 15.4 Å². The Hall–Kier alpha value is -2.44. The molecular weight excluding hydrogens is 392 g/mol. The van der Waals surface area contributed by atoms with Crippen molar-refractivity contribution in [2.24, 2.45) is 20.5 Å². The molecule has 0 atom stereocenters. The van der Waals surface area contributed by atoms with Gasteiger partial charge in [0.1, 0.15) is 5.69 Å². The highest BCUT2D eigenvalue weighted by Crippen LogP contribution is 2.44. The van der Waals surface area contributed by atoms with Gasteiger partial charge < -0.3 is 10.0 Å². The number of nitrogens with zero attached hydrogens (tertiary/aromatic N) is 8. The fraction of sp³-hybridized carbons (Fsp3) is 0.214. The van der Waals surface area contributed by atoms with Crippen molar-refractivity contribution in [2.45, 2.75) is 5.16 Å². The van der Waals surface area contributed by atoms with Gasteiger partial charge in [0.25, 0.3) is 0 Å². The first-order valence-electron chi connectivity index (χ1n) is 7.22. The number of azo groups is 2. The van der Waals surface area contributed by atoms with Crippen molar-refractivity contribution in [3.05, 3.63) is 23.7 Å². The van der Waals surface area contributed by atoms with E-state index in [0.29, 0.717) is 26.8 Å². The molecule has 0 bridgehead atoms. The van der Waals surface area contributed by atoms with Gasteiger partial charge in [-0.1, -0.05) is 11.8 Å². The summed E-state index contributed by atoms with van der Waals surface area (Å²) in [5, 5.41) is 30.3. The first-order chi connectivity index (χ1) is 12.6. The molecule has 2 heterocycles. The molecule has 3 aromatic rings. The monoisotopic (exact) mass is 406 g/mol. The number of rotatable bonds is 6. The Morgan fingerprint density at radius 2 is 1.92 bits per heavy atom. The molecule has 0 saturated heterocycles. The van der Waals surface area contributed by atoms with Gasteiger partial charge in [0.15, 0.2) is 11.4 Å². The van der Waals surface area contributed by atoms with E-state index in [-0.39, 0.29) is 11.4 Å². The SMILES string of the molecule is CSc1nsc(N=Nc2ccc(N(C)C)c(N=Nc3nccs3)c2O)n1. The van der Waals surface area contributed by atoms with Crippen LogP contribution in [0.1, 0.15) is 0 Å². The molecule has 0 amide bonds. The van der Waals surface area contributed by atoms with Crippen molar-refractivity contribution < 1.29 is 5.11 Å². The molecule has 1 N–H and O–H groups in total. The van der Waals surface area contributed by atoms with E-state index in [2.05, 4.69) is 34.8 Å². The molecule has 0 spiro atoms. The Labute approximate surface area is 161 Å². The lowest BCUT2D eigenvalue weighted by Crippen LogP contribution is -2.08. The minimum absolute atomic E-state index is 0.116. The summed E-state index contributed by atoms with van der Waals surface area (Å²) in [5.41, 5.74) is 1.26. The molecule has 3 rings (SSSR count). The lowest BCUT2D eigenvalue weighted by atomic mass is 10.2. The van der Waals surface area contributed by atoms with Crippen LogP contribution in [-0.2, 0) is 0 Å². The summed E-state index contributed by atoms with van der Waals surface area (Å²) < 4.78 is 4.11. The number of phenolic OH excluding ortho intramolecular Hbond substituents is 1. The standard InChI is InChI=1S/C14H14N8OS3/c1-22(2)9-5-4-8(17-20-13-16-14(24-3)21-26-13)11(23)10(9)18-19-12-15-6-7-25-12/h4-7,23H,1-3H3. The fourth-order valence-electron chi connectivity index (χ4n) is 1.88. The van der Waals surface area contributed by atoms with Crippen molar-refractivity contribution >= 4 is 62.0 Å². The van der Waals surface area contributed by atoms with Crippen LogP contribution in [0.25, 0.3) is 0 Å². The Bertz CT molecular complexity index is 936. The van der Waals surface area contributed by atoms with Crippen molar-refractivity contribution in [1.82, 2.24) is 14.3 Å². The van der Waals surface area contributed by atoms with Gasteiger partial charge in [-0.3, -0.25) is 0 Å². The summed E-state index contributed by atoms with van der Waals surface area (Å²) in [7, 11) is 3.70. The number of thioether (sulfide) groups is 1. The second-order valence-corrected chi connectivity index (χ2v) is 7.35. The van der Waals surface area contributed by atoms with Crippen molar-refractivity contribution in [1.29, 1.82) is 0 Å². The molecule has 0 aliphatic carbocycles.